The zero-order valence-electron chi connectivity index (χ0n) is 18.5. The molecule has 0 unspecified atom stereocenters. The highest BCUT2D eigenvalue weighted by molar-refractivity contribution is 5.55. The molecule has 1 aromatic carbocycles. The summed E-state index contributed by atoms with van der Waals surface area (Å²) in [6.45, 7) is 7.70. The molecule has 0 spiro atoms. The summed E-state index contributed by atoms with van der Waals surface area (Å²) < 4.78 is 18.8. The van der Waals surface area contributed by atoms with E-state index < -0.39 is 0 Å². The number of nitrogens with zero attached hydrogens (tertiary/aromatic N) is 4. The smallest absolute Gasteiger partial charge is 0.231 e. The van der Waals surface area contributed by atoms with Crippen LogP contribution in [0.2, 0.25) is 0 Å². The Morgan fingerprint density at radius 3 is 2.84 bits per heavy atom. The van der Waals surface area contributed by atoms with Crippen molar-refractivity contribution in [2.45, 2.75) is 64.1 Å². The molecule has 0 aliphatic carbocycles. The molecular weight excluding hydrogens is 392 g/mol. The van der Waals surface area contributed by atoms with Crippen molar-refractivity contribution in [3.8, 4) is 17.2 Å². The van der Waals surface area contributed by atoms with Gasteiger partial charge in [-0.1, -0.05) is 20.8 Å². The molecule has 3 aliphatic heterocycles. The summed E-state index contributed by atoms with van der Waals surface area (Å²) in [5, 5.41) is 4.95. The SMILES string of the molecule is COc1cc(CN2[C@H]3CC[C@@H]2c2cnc4cc(C(C)(C)C)nn4c2C3)cc2c1OCO2. The summed E-state index contributed by atoms with van der Waals surface area (Å²) in [7, 11) is 1.68. The van der Waals surface area contributed by atoms with E-state index in [0.717, 1.165) is 42.2 Å². The average Bonchev–Trinajstić information content (AvgIpc) is 3.44. The van der Waals surface area contributed by atoms with Crippen LogP contribution < -0.4 is 14.2 Å². The second-order valence-electron chi connectivity index (χ2n) is 9.87. The van der Waals surface area contributed by atoms with E-state index in [2.05, 4.69) is 54.6 Å². The Balaban J connectivity index is 1.36. The molecule has 1 saturated heterocycles. The minimum atomic E-state index is 0.0126. The Morgan fingerprint density at radius 2 is 2.03 bits per heavy atom. The molecule has 3 aliphatic rings. The first-order valence-electron chi connectivity index (χ1n) is 11.0. The lowest BCUT2D eigenvalue weighted by Gasteiger charge is -2.36. The molecule has 3 aromatic rings. The van der Waals surface area contributed by atoms with E-state index in [-0.39, 0.29) is 12.2 Å². The van der Waals surface area contributed by atoms with Gasteiger partial charge in [0.15, 0.2) is 17.1 Å². The molecule has 7 nitrogen and oxygen atoms in total. The molecule has 0 N–H and O–H groups in total. The zero-order valence-corrected chi connectivity index (χ0v) is 18.5. The number of ether oxygens (including phenoxy) is 3. The van der Waals surface area contributed by atoms with Crippen LogP contribution in [0, 0.1) is 0 Å². The third-order valence-corrected chi connectivity index (χ3v) is 6.90. The summed E-state index contributed by atoms with van der Waals surface area (Å²) in [4.78, 5) is 7.39. The molecule has 2 aromatic heterocycles. The Bertz CT molecular complexity index is 1180. The molecule has 7 heteroatoms. The van der Waals surface area contributed by atoms with Crippen LogP contribution >= 0.6 is 0 Å². The number of benzene rings is 1. The predicted molar refractivity (Wildman–Crippen MR) is 116 cm³/mol. The van der Waals surface area contributed by atoms with Gasteiger partial charge in [-0.25, -0.2) is 9.50 Å². The van der Waals surface area contributed by atoms with Gasteiger partial charge < -0.3 is 14.2 Å². The largest absolute Gasteiger partial charge is 0.493 e. The van der Waals surface area contributed by atoms with Crippen molar-refractivity contribution in [2.75, 3.05) is 13.9 Å². The summed E-state index contributed by atoms with van der Waals surface area (Å²) in [6, 6.07) is 7.16. The first-order valence-corrected chi connectivity index (χ1v) is 11.0. The Kier molecular flexibility index (Phi) is 4.03. The minimum absolute atomic E-state index is 0.0126. The lowest BCUT2D eigenvalue weighted by molar-refractivity contribution is 0.164. The van der Waals surface area contributed by atoms with Gasteiger partial charge in [0.05, 0.1) is 18.5 Å². The third-order valence-electron chi connectivity index (χ3n) is 6.90. The molecule has 0 radical (unpaired) electrons. The van der Waals surface area contributed by atoms with Gasteiger partial charge in [-0.3, -0.25) is 4.90 Å². The van der Waals surface area contributed by atoms with E-state index in [1.807, 2.05) is 0 Å². The molecule has 2 atom stereocenters. The first kappa shape index (κ1) is 18.9. The van der Waals surface area contributed by atoms with Crippen LogP contribution in [-0.2, 0) is 18.4 Å². The van der Waals surface area contributed by atoms with Crippen LogP contribution in [0.1, 0.15) is 62.2 Å². The van der Waals surface area contributed by atoms with E-state index >= 15 is 0 Å². The fourth-order valence-electron chi connectivity index (χ4n) is 5.28. The quantitative estimate of drug-likeness (QED) is 0.638. The maximum absolute atomic E-state index is 5.63. The topological polar surface area (TPSA) is 61.1 Å². The van der Waals surface area contributed by atoms with Crippen molar-refractivity contribution in [2.24, 2.45) is 0 Å². The second-order valence-corrected chi connectivity index (χ2v) is 9.87. The predicted octanol–water partition coefficient (Wildman–Crippen LogP) is 4.03. The minimum Gasteiger partial charge on any atom is -0.493 e. The van der Waals surface area contributed by atoms with Crippen LogP contribution in [0.25, 0.3) is 5.65 Å². The van der Waals surface area contributed by atoms with E-state index in [4.69, 9.17) is 24.3 Å². The summed E-state index contributed by atoms with van der Waals surface area (Å²) in [5.74, 6) is 2.22. The highest BCUT2D eigenvalue weighted by Crippen LogP contribution is 2.46. The number of hydrogen-bond acceptors (Lipinski definition) is 6. The van der Waals surface area contributed by atoms with Gasteiger partial charge in [-0.05, 0) is 30.5 Å². The Hall–Kier alpha value is -2.80. The maximum Gasteiger partial charge on any atom is 0.231 e. The summed E-state index contributed by atoms with van der Waals surface area (Å²) >= 11 is 0. The van der Waals surface area contributed by atoms with Crippen molar-refractivity contribution in [1.82, 2.24) is 19.5 Å². The molecule has 5 heterocycles. The standard InChI is InChI=1S/C24H28N4O3/c1-24(2,3)21-10-22-25-11-16-17-6-5-15(9-18(16)28(22)26-21)27(17)12-14-7-19(29-4)23-20(8-14)30-13-31-23/h7-8,10-11,15,17H,5-6,9,12-13H2,1-4H3/t15-,17+/m0/s1. The molecule has 2 bridgehead atoms. The monoisotopic (exact) mass is 420 g/mol. The van der Waals surface area contributed by atoms with Crippen molar-refractivity contribution < 1.29 is 14.2 Å². The third kappa shape index (κ3) is 2.90. The van der Waals surface area contributed by atoms with E-state index in [0.29, 0.717) is 17.8 Å². The van der Waals surface area contributed by atoms with Gasteiger partial charge in [0, 0.05) is 48.3 Å². The summed E-state index contributed by atoms with van der Waals surface area (Å²) in [5.41, 5.74) is 5.89. The lowest BCUT2D eigenvalue weighted by atomic mass is 9.93. The van der Waals surface area contributed by atoms with Crippen LogP contribution in [0.4, 0.5) is 0 Å². The van der Waals surface area contributed by atoms with Gasteiger partial charge in [-0.15, -0.1) is 0 Å². The van der Waals surface area contributed by atoms with Crippen molar-refractivity contribution in [1.29, 1.82) is 0 Å². The van der Waals surface area contributed by atoms with Gasteiger partial charge in [0.1, 0.15) is 0 Å². The molecule has 6 rings (SSSR count). The van der Waals surface area contributed by atoms with Crippen LogP contribution in [0.5, 0.6) is 17.2 Å². The lowest BCUT2D eigenvalue weighted by Crippen LogP contribution is -2.38. The Morgan fingerprint density at radius 1 is 1.16 bits per heavy atom. The number of rotatable bonds is 3. The highest BCUT2D eigenvalue weighted by Gasteiger charge is 2.41. The van der Waals surface area contributed by atoms with E-state index in [1.54, 1.807) is 7.11 Å². The average molecular weight is 421 g/mol. The van der Waals surface area contributed by atoms with Crippen LogP contribution in [0.3, 0.4) is 0 Å². The number of fused-ring (bicyclic) bond motifs is 7. The maximum atomic E-state index is 5.63. The number of aromatic nitrogens is 3. The fourth-order valence-corrected chi connectivity index (χ4v) is 5.28. The van der Waals surface area contributed by atoms with E-state index in [9.17, 15) is 0 Å². The molecule has 31 heavy (non-hydrogen) atoms. The van der Waals surface area contributed by atoms with Gasteiger partial charge in [-0.2, -0.15) is 5.10 Å². The van der Waals surface area contributed by atoms with Gasteiger partial charge >= 0.3 is 0 Å². The summed E-state index contributed by atoms with van der Waals surface area (Å²) in [6.07, 6.45) is 5.42. The fraction of sp³-hybridized carbons (Fsp3) is 0.500. The number of hydrogen-bond donors (Lipinski definition) is 0. The molecular formula is C24H28N4O3. The molecule has 0 saturated carbocycles. The molecule has 0 amide bonds. The van der Waals surface area contributed by atoms with Crippen molar-refractivity contribution >= 4 is 5.65 Å². The number of methoxy groups -OCH3 is 1. The van der Waals surface area contributed by atoms with Crippen molar-refractivity contribution in [3.63, 3.8) is 0 Å². The molecule has 1 fully saturated rings. The Labute approximate surface area is 181 Å². The van der Waals surface area contributed by atoms with Crippen LogP contribution in [0.15, 0.2) is 24.4 Å². The first-order chi connectivity index (χ1) is 14.9. The molecule has 162 valence electrons. The zero-order chi connectivity index (χ0) is 21.3. The van der Waals surface area contributed by atoms with Crippen molar-refractivity contribution in [3.05, 3.63) is 46.9 Å². The van der Waals surface area contributed by atoms with Gasteiger partial charge in [0.25, 0.3) is 0 Å². The normalized spacial score (nSPS) is 22.2. The highest BCUT2D eigenvalue weighted by atomic mass is 16.7. The van der Waals surface area contributed by atoms with Gasteiger partial charge in [0.2, 0.25) is 12.5 Å². The second kappa shape index (κ2) is 6.60. The van der Waals surface area contributed by atoms with Crippen LogP contribution in [-0.4, -0.2) is 39.4 Å². The van der Waals surface area contributed by atoms with E-state index in [1.165, 1.54) is 23.2 Å².